The van der Waals surface area contributed by atoms with Gasteiger partial charge >= 0.3 is 0 Å². The summed E-state index contributed by atoms with van der Waals surface area (Å²) in [6, 6.07) is 3.97. The maximum atomic E-state index is 10.5. The van der Waals surface area contributed by atoms with Crippen molar-refractivity contribution in [1.29, 1.82) is 0 Å². The van der Waals surface area contributed by atoms with Gasteiger partial charge in [0.1, 0.15) is 5.75 Å². The van der Waals surface area contributed by atoms with Gasteiger partial charge in [0, 0.05) is 13.0 Å². The van der Waals surface area contributed by atoms with E-state index in [0.29, 0.717) is 12.2 Å². The third-order valence-electron chi connectivity index (χ3n) is 2.91. The Morgan fingerprint density at radius 1 is 1.28 bits per heavy atom. The number of benzene rings is 1. The molecule has 1 rings (SSSR count). The highest BCUT2D eigenvalue weighted by atomic mass is 16.3. The number of unbranched alkanes of at least 4 members (excludes halogenated alkanes) is 1. The minimum atomic E-state index is -0.236. The molecule has 100 valence electrons. The highest BCUT2D eigenvalue weighted by Crippen LogP contribution is 2.22. The lowest BCUT2D eigenvalue weighted by atomic mass is 10.1. The number of nitrogens with two attached hydrogens (primary N) is 1. The summed E-state index contributed by atoms with van der Waals surface area (Å²) in [6.45, 7) is 5.45. The molecule has 0 bridgehead atoms. The molecule has 0 unspecified atom stereocenters. The predicted octanol–water partition coefficient (Wildman–Crippen LogP) is 1.75. The van der Waals surface area contributed by atoms with Gasteiger partial charge in [-0.05, 0) is 49.9 Å². The zero-order valence-corrected chi connectivity index (χ0v) is 11.1. The number of aromatic hydroxyl groups is 1. The molecule has 0 radical (unpaired) electrons. The van der Waals surface area contributed by atoms with Gasteiger partial charge < -0.3 is 16.2 Å². The van der Waals surface area contributed by atoms with E-state index < -0.39 is 0 Å². The lowest BCUT2D eigenvalue weighted by Gasteiger charge is -2.09. The van der Waals surface area contributed by atoms with E-state index in [0.717, 1.165) is 42.6 Å². The van der Waals surface area contributed by atoms with Crippen LogP contribution < -0.4 is 11.1 Å². The van der Waals surface area contributed by atoms with Gasteiger partial charge in [-0.3, -0.25) is 4.79 Å². The van der Waals surface area contributed by atoms with Crippen LogP contribution in [0.3, 0.4) is 0 Å². The molecule has 0 spiro atoms. The summed E-state index contributed by atoms with van der Waals surface area (Å²) < 4.78 is 0. The van der Waals surface area contributed by atoms with Crippen LogP contribution >= 0.6 is 0 Å². The summed E-state index contributed by atoms with van der Waals surface area (Å²) >= 11 is 0. The molecule has 4 N–H and O–H groups in total. The highest BCUT2D eigenvalue weighted by molar-refractivity contribution is 5.73. The molecule has 18 heavy (non-hydrogen) atoms. The minimum Gasteiger partial charge on any atom is -0.507 e. The Kier molecular flexibility index (Phi) is 5.65. The Balaban J connectivity index is 2.29. The van der Waals surface area contributed by atoms with Crippen LogP contribution in [0.4, 0.5) is 0 Å². The standard InChI is InChI=1S/C14H22N2O2/c1-10-7-12(8-11(2)14(10)18)9-16-6-4-3-5-13(15)17/h7-8,16,18H,3-6,9H2,1-2H3,(H2,15,17). The summed E-state index contributed by atoms with van der Waals surface area (Å²) in [5.41, 5.74) is 8.03. The molecule has 1 aromatic rings. The van der Waals surface area contributed by atoms with Crippen molar-refractivity contribution in [2.45, 2.75) is 39.7 Å². The van der Waals surface area contributed by atoms with E-state index >= 15 is 0 Å². The van der Waals surface area contributed by atoms with Crippen LogP contribution in [0.25, 0.3) is 0 Å². The number of carbonyl (C=O) groups excluding carboxylic acids is 1. The Labute approximate surface area is 108 Å². The summed E-state index contributed by atoms with van der Waals surface area (Å²) in [6.07, 6.45) is 2.23. The number of carbonyl (C=O) groups is 1. The Hall–Kier alpha value is -1.55. The average Bonchev–Trinajstić information content (AvgIpc) is 2.30. The number of hydrogen-bond acceptors (Lipinski definition) is 3. The van der Waals surface area contributed by atoms with E-state index in [2.05, 4.69) is 5.32 Å². The molecule has 0 saturated carbocycles. The second-order valence-electron chi connectivity index (χ2n) is 4.68. The van der Waals surface area contributed by atoms with Crippen LogP contribution in [0.1, 0.15) is 36.0 Å². The van der Waals surface area contributed by atoms with Crippen LogP contribution in [-0.2, 0) is 11.3 Å². The fraction of sp³-hybridized carbons (Fsp3) is 0.500. The fourth-order valence-corrected chi connectivity index (χ4v) is 1.93. The molecule has 4 nitrogen and oxygen atoms in total. The first-order valence-corrected chi connectivity index (χ1v) is 6.29. The van der Waals surface area contributed by atoms with Crippen molar-refractivity contribution in [2.24, 2.45) is 5.73 Å². The summed E-state index contributed by atoms with van der Waals surface area (Å²) in [5.74, 6) is 0.139. The van der Waals surface area contributed by atoms with Gasteiger partial charge in [-0.2, -0.15) is 0 Å². The molecule has 0 aromatic heterocycles. The lowest BCUT2D eigenvalue weighted by molar-refractivity contribution is -0.118. The Morgan fingerprint density at radius 3 is 2.44 bits per heavy atom. The van der Waals surface area contributed by atoms with Crippen molar-refractivity contribution in [3.8, 4) is 5.75 Å². The lowest BCUT2D eigenvalue weighted by Crippen LogP contribution is -2.16. The van der Waals surface area contributed by atoms with Gasteiger partial charge in [-0.15, -0.1) is 0 Å². The number of amides is 1. The number of phenols is 1. The number of primary amides is 1. The maximum Gasteiger partial charge on any atom is 0.217 e. The highest BCUT2D eigenvalue weighted by Gasteiger charge is 2.03. The van der Waals surface area contributed by atoms with Crippen molar-refractivity contribution < 1.29 is 9.90 Å². The average molecular weight is 250 g/mol. The molecule has 0 saturated heterocycles. The van der Waals surface area contributed by atoms with E-state index in [9.17, 15) is 9.90 Å². The van der Waals surface area contributed by atoms with E-state index in [-0.39, 0.29) is 5.91 Å². The number of aryl methyl sites for hydroxylation is 2. The molecule has 0 aliphatic rings. The number of phenolic OH excluding ortho intramolecular Hbond substituents is 1. The minimum absolute atomic E-state index is 0.236. The smallest absolute Gasteiger partial charge is 0.217 e. The predicted molar refractivity (Wildman–Crippen MR) is 72.3 cm³/mol. The van der Waals surface area contributed by atoms with Crippen molar-refractivity contribution in [3.63, 3.8) is 0 Å². The van der Waals surface area contributed by atoms with Crippen molar-refractivity contribution in [1.82, 2.24) is 5.32 Å². The van der Waals surface area contributed by atoms with Crippen LogP contribution in [0.15, 0.2) is 12.1 Å². The van der Waals surface area contributed by atoms with Gasteiger partial charge in [0.05, 0.1) is 0 Å². The van der Waals surface area contributed by atoms with E-state index in [1.807, 2.05) is 26.0 Å². The van der Waals surface area contributed by atoms with Gasteiger partial charge in [0.15, 0.2) is 0 Å². The Morgan fingerprint density at radius 2 is 1.89 bits per heavy atom. The third kappa shape index (κ3) is 4.75. The fourth-order valence-electron chi connectivity index (χ4n) is 1.93. The molecule has 0 aliphatic carbocycles. The Bertz CT molecular complexity index is 393. The van der Waals surface area contributed by atoms with Crippen LogP contribution in [0.2, 0.25) is 0 Å². The summed E-state index contributed by atoms with van der Waals surface area (Å²) in [5, 5.41) is 13.0. The molecule has 4 heteroatoms. The molecule has 0 heterocycles. The second kappa shape index (κ2) is 7.01. The quantitative estimate of drug-likeness (QED) is 0.645. The van der Waals surface area contributed by atoms with Gasteiger partial charge in [-0.1, -0.05) is 12.1 Å². The molecular formula is C14H22N2O2. The first-order valence-electron chi connectivity index (χ1n) is 6.29. The molecule has 0 fully saturated rings. The number of nitrogens with one attached hydrogen (secondary N) is 1. The molecule has 0 aliphatic heterocycles. The SMILES string of the molecule is Cc1cc(CNCCCCC(N)=O)cc(C)c1O. The largest absolute Gasteiger partial charge is 0.507 e. The van der Waals surface area contributed by atoms with Crippen LogP contribution in [0.5, 0.6) is 5.75 Å². The monoisotopic (exact) mass is 250 g/mol. The third-order valence-corrected chi connectivity index (χ3v) is 2.91. The van der Waals surface area contributed by atoms with Crippen LogP contribution in [-0.4, -0.2) is 17.6 Å². The van der Waals surface area contributed by atoms with Gasteiger partial charge in [-0.25, -0.2) is 0 Å². The normalized spacial score (nSPS) is 10.6. The van der Waals surface area contributed by atoms with Crippen molar-refractivity contribution in [2.75, 3.05) is 6.54 Å². The van der Waals surface area contributed by atoms with E-state index in [1.165, 1.54) is 0 Å². The summed E-state index contributed by atoms with van der Waals surface area (Å²) in [7, 11) is 0. The number of hydrogen-bond donors (Lipinski definition) is 3. The molecule has 1 amide bonds. The zero-order chi connectivity index (χ0) is 13.5. The molecule has 0 atom stereocenters. The second-order valence-corrected chi connectivity index (χ2v) is 4.68. The first kappa shape index (κ1) is 14.5. The van der Waals surface area contributed by atoms with Crippen molar-refractivity contribution >= 4 is 5.91 Å². The van der Waals surface area contributed by atoms with Gasteiger partial charge in [0.2, 0.25) is 5.91 Å². The number of rotatable bonds is 7. The zero-order valence-electron chi connectivity index (χ0n) is 11.1. The van der Waals surface area contributed by atoms with E-state index in [1.54, 1.807) is 0 Å². The van der Waals surface area contributed by atoms with E-state index in [4.69, 9.17) is 5.73 Å². The van der Waals surface area contributed by atoms with Gasteiger partial charge in [0.25, 0.3) is 0 Å². The van der Waals surface area contributed by atoms with Crippen molar-refractivity contribution in [3.05, 3.63) is 28.8 Å². The maximum absolute atomic E-state index is 10.5. The topological polar surface area (TPSA) is 75.3 Å². The molecule has 1 aromatic carbocycles. The first-order chi connectivity index (χ1) is 8.50. The van der Waals surface area contributed by atoms with Crippen LogP contribution in [0, 0.1) is 13.8 Å². The summed E-state index contributed by atoms with van der Waals surface area (Å²) in [4.78, 5) is 10.5. The molecular weight excluding hydrogens is 228 g/mol.